The van der Waals surface area contributed by atoms with Gasteiger partial charge in [-0.25, -0.2) is 15.0 Å². The molecule has 25 heavy (non-hydrogen) atoms. The maximum Gasteiger partial charge on any atom is 0.433 e. The first-order chi connectivity index (χ1) is 12.0. The Hall–Kier alpha value is -2.49. The van der Waals surface area contributed by atoms with Crippen LogP contribution in [0.25, 0.3) is 11.4 Å². The Bertz CT molecular complexity index is 892. The standard InChI is InChI=1S/C15H11F3N6S/c16-15(17,18)10-7-11(21-12(20-10)9-3-5-19-6-4-9)25-14-22-13(23-24-14)8-1-2-8/h3-8H,1-2H2,(H,22,23,24). The number of hydrogen-bond donors (Lipinski definition) is 1. The predicted octanol–water partition coefficient (Wildman–Crippen LogP) is 3.70. The molecule has 6 nitrogen and oxygen atoms in total. The third-order valence-electron chi connectivity index (χ3n) is 3.57. The normalized spacial score (nSPS) is 14.7. The monoisotopic (exact) mass is 364 g/mol. The zero-order valence-corrected chi connectivity index (χ0v) is 13.5. The summed E-state index contributed by atoms with van der Waals surface area (Å²) in [6.07, 6.45) is 0.485. The molecule has 0 spiro atoms. The lowest BCUT2D eigenvalue weighted by molar-refractivity contribution is -0.141. The summed E-state index contributed by atoms with van der Waals surface area (Å²) in [4.78, 5) is 16.0. The fourth-order valence-corrected chi connectivity index (χ4v) is 2.91. The molecule has 0 atom stereocenters. The van der Waals surface area contributed by atoms with E-state index in [4.69, 9.17) is 0 Å². The van der Waals surface area contributed by atoms with Gasteiger partial charge in [0.1, 0.15) is 16.5 Å². The number of halogens is 3. The van der Waals surface area contributed by atoms with Gasteiger partial charge in [0.05, 0.1) is 0 Å². The molecule has 0 amide bonds. The van der Waals surface area contributed by atoms with E-state index in [1.807, 2.05) is 0 Å². The van der Waals surface area contributed by atoms with Gasteiger partial charge in [0.25, 0.3) is 0 Å². The molecule has 0 saturated heterocycles. The topological polar surface area (TPSA) is 80.2 Å². The van der Waals surface area contributed by atoms with Gasteiger partial charge >= 0.3 is 6.18 Å². The van der Waals surface area contributed by atoms with Crippen LogP contribution in [-0.4, -0.2) is 30.1 Å². The number of nitrogens with zero attached hydrogens (tertiary/aromatic N) is 5. The van der Waals surface area contributed by atoms with Crippen LogP contribution in [0.5, 0.6) is 0 Å². The molecule has 128 valence electrons. The van der Waals surface area contributed by atoms with Gasteiger partial charge < -0.3 is 0 Å². The molecule has 0 unspecified atom stereocenters. The molecular weight excluding hydrogens is 353 g/mol. The number of hydrogen-bond acceptors (Lipinski definition) is 6. The smallest absolute Gasteiger partial charge is 0.265 e. The summed E-state index contributed by atoms with van der Waals surface area (Å²) in [5.41, 5.74) is -0.550. The van der Waals surface area contributed by atoms with E-state index >= 15 is 0 Å². The minimum atomic E-state index is -4.57. The van der Waals surface area contributed by atoms with Crippen molar-refractivity contribution in [1.82, 2.24) is 30.1 Å². The first kappa shape index (κ1) is 16.0. The second-order valence-corrected chi connectivity index (χ2v) is 6.52. The summed E-state index contributed by atoms with van der Waals surface area (Å²) in [7, 11) is 0. The number of nitrogens with one attached hydrogen (secondary N) is 1. The van der Waals surface area contributed by atoms with E-state index in [1.54, 1.807) is 12.1 Å². The van der Waals surface area contributed by atoms with Crippen molar-refractivity contribution in [3.05, 3.63) is 42.1 Å². The Labute approximate surface area is 144 Å². The fraction of sp³-hybridized carbons (Fsp3) is 0.267. The average Bonchev–Trinajstić information content (AvgIpc) is 3.35. The van der Waals surface area contributed by atoms with Crippen molar-refractivity contribution < 1.29 is 13.2 Å². The fourth-order valence-electron chi connectivity index (χ4n) is 2.19. The van der Waals surface area contributed by atoms with Gasteiger partial charge in [-0.2, -0.15) is 13.2 Å². The van der Waals surface area contributed by atoms with Crippen LogP contribution in [-0.2, 0) is 6.18 Å². The zero-order chi connectivity index (χ0) is 17.4. The molecule has 1 saturated carbocycles. The van der Waals surface area contributed by atoms with E-state index < -0.39 is 11.9 Å². The second-order valence-electron chi connectivity index (χ2n) is 5.53. The highest BCUT2D eigenvalue weighted by Crippen LogP contribution is 2.39. The minimum absolute atomic E-state index is 0.0160. The molecule has 3 aromatic heterocycles. The second kappa shape index (κ2) is 6.10. The molecule has 3 aromatic rings. The van der Waals surface area contributed by atoms with E-state index in [9.17, 15) is 13.2 Å². The average molecular weight is 364 g/mol. The van der Waals surface area contributed by atoms with E-state index in [2.05, 4.69) is 30.1 Å². The highest BCUT2D eigenvalue weighted by Gasteiger charge is 2.34. The van der Waals surface area contributed by atoms with Crippen molar-refractivity contribution in [1.29, 1.82) is 0 Å². The third-order valence-corrected chi connectivity index (χ3v) is 4.36. The molecule has 3 heterocycles. The Morgan fingerprint density at radius 1 is 1.08 bits per heavy atom. The maximum atomic E-state index is 13.2. The van der Waals surface area contributed by atoms with Gasteiger partial charge in [-0.05, 0) is 36.7 Å². The first-order valence-corrected chi connectivity index (χ1v) is 8.27. The number of aromatic nitrogens is 6. The van der Waals surface area contributed by atoms with Crippen molar-refractivity contribution in [3.63, 3.8) is 0 Å². The molecule has 0 aromatic carbocycles. The summed E-state index contributed by atoms with van der Waals surface area (Å²) in [5, 5.41) is 7.34. The molecule has 1 fully saturated rings. The van der Waals surface area contributed by atoms with E-state index in [-0.39, 0.29) is 10.9 Å². The zero-order valence-electron chi connectivity index (χ0n) is 12.7. The van der Waals surface area contributed by atoms with Crippen molar-refractivity contribution >= 4 is 11.8 Å². The third kappa shape index (κ3) is 3.63. The molecule has 1 aliphatic carbocycles. The SMILES string of the molecule is FC(F)(F)c1cc(Sc2n[nH]c(C3CC3)n2)nc(-c2ccncc2)n1. The Balaban J connectivity index is 1.70. The highest BCUT2D eigenvalue weighted by molar-refractivity contribution is 7.99. The van der Waals surface area contributed by atoms with Crippen LogP contribution < -0.4 is 0 Å². The molecule has 1 N–H and O–H groups in total. The van der Waals surface area contributed by atoms with Gasteiger partial charge in [0.15, 0.2) is 5.82 Å². The first-order valence-electron chi connectivity index (χ1n) is 7.46. The predicted molar refractivity (Wildman–Crippen MR) is 82.7 cm³/mol. The number of rotatable bonds is 4. The summed E-state index contributed by atoms with van der Waals surface area (Å²) in [5.74, 6) is 1.13. The number of alkyl halides is 3. The Morgan fingerprint density at radius 3 is 2.52 bits per heavy atom. The molecule has 1 aliphatic rings. The van der Waals surface area contributed by atoms with Crippen molar-refractivity contribution in [2.24, 2.45) is 0 Å². The maximum absolute atomic E-state index is 13.2. The van der Waals surface area contributed by atoms with Crippen LogP contribution in [0.2, 0.25) is 0 Å². The molecule has 0 bridgehead atoms. The van der Waals surface area contributed by atoms with Gasteiger partial charge in [0.2, 0.25) is 5.16 Å². The summed E-state index contributed by atoms with van der Waals surface area (Å²) < 4.78 is 39.5. The Kier molecular flexibility index (Phi) is 3.91. The van der Waals surface area contributed by atoms with Crippen LogP contribution in [0.15, 0.2) is 40.8 Å². The number of H-pyrrole nitrogens is 1. The van der Waals surface area contributed by atoms with Gasteiger partial charge in [-0.15, -0.1) is 5.10 Å². The highest BCUT2D eigenvalue weighted by atomic mass is 32.2. The van der Waals surface area contributed by atoms with Crippen LogP contribution in [0.4, 0.5) is 13.2 Å². The van der Waals surface area contributed by atoms with Crippen LogP contribution in [0, 0.1) is 0 Å². The Morgan fingerprint density at radius 2 is 1.84 bits per heavy atom. The molecule has 0 radical (unpaired) electrons. The van der Waals surface area contributed by atoms with E-state index in [0.29, 0.717) is 16.6 Å². The van der Waals surface area contributed by atoms with Crippen molar-refractivity contribution in [2.75, 3.05) is 0 Å². The summed E-state index contributed by atoms with van der Waals surface area (Å²) in [6.45, 7) is 0. The quantitative estimate of drug-likeness (QED) is 0.711. The van der Waals surface area contributed by atoms with E-state index in [0.717, 1.165) is 36.5 Å². The molecule has 0 aliphatic heterocycles. The van der Waals surface area contributed by atoms with Crippen molar-refractivity contribution in [2.45, 2.75) is 35.1 Å². The van der Waals surface area contributed by atoms with Gasteiger partial charge in [-0.3, -0.25) is 10.1 Å². The lowest BCUT2D eigenvalue weighted by Gasteiger charge is -2.09. The van der Waals surface area contributed by atoms with Gasteiger partial charge in [0, 0.05) is 29.9 Å². The number of aromatic amines is 1. The minimum Gasteiger partial charge on any atom is -0.265 e. The summed E-state index contributed by atoms with van der Waals surface area (Å²) >= 11 is 0.973. The van der Waals surface area contributed by atoms with Crippen LogP contribution >= 0.6 is 11.8 Å². The van der Waals surface area contributed by atoms with Gasteiger partial charge in [-0.1, -0.05) is 0 Å². The lowest BCUT2D eigenvalue weighted by Crippen LogP contribution is -2.10. The van der Waals surface area contributed by atoms with E-state index in [1.165, 1.54) is 12.4 Å². The van der Waals surface area contributed by atoms with Crippen LogP contribution in [0.1, 0.15) is 30.3 Å². The number of pyridine rings is 1. The molecule has 4 rings (SSSR count). The van der Waals surface area contributed by atoms with Crippen molar-refractivity contribution in [3.8, 4) is 11.4 Å². The molecular formula is C15H11F3N6S. The molecule has 10 heteroatoms. The largest absolute Gasteiger partial charge is 0.433 e. The summed E-state index contributed by atoms with van der Waals surface area (Å²) in [6, 6.07) is 4.02. The van der Waals surface area contributed by atoms with Crippen LogP contribution in [0.3, 0.4) is 0 Å². The lowest BCUT2D eigenvalue weighted by atomic mass is 10.2.